The van der Waals surface area contributed by atoms with Gasteiger partial charge in [0, 0.05) is 23.7 Å². The lowest BCUT2D eigenvalue weighted by molar-refractivity contribution is 0.223. The molecule has 6 heteroatoms. The molecule has 0 unspecified atom stereocenters. The topological polar surface area (TPSA) is 50.8 Å². The molecule has 2 amide bonds. The highest BCUT2D eigenvalue weighted by molar-refractivity contribution is 8.00. The van der Waals surface area contributed by atoms with E-state index in [0.717, 1.165) is 22.6 Å². The molecule has 0 radical (unpaired) electrons. The summed E-state index contributed by atoms with van der Waals surface area (Å²) >= 11 is 1.89. The highest BCUT2D eigenvalue weighted by Gasteiger charge is 2.19. The van der Waals surface area contributed by atoms with E-state index in [9.17, 15) is 4.79 Å². The fourth-order valence-corrected chi connectivity index (χ4v) is 4.83. The first-order chi connectivity index (χ1) is 14.1. The summed E-state index contributed by atoms with van der Waals surface area (Å²) in [5.41, 5.74) is 1.99. The fraction of sp³-hybridized carbons (Fsp3) is 0.435. The van der Waals surface area contributed by atoms with Crippen molar-refractivity contribution in [3.8, 4) is 11.5 Å². The minimum Gasteiger partial charge on any atom is -0.493 e. The molecule has 156 valence electrons. The van der Waals surface area contributed by atoms with E-state index in [-0.39, 0.29) is 6.03 Å². The van der Waals surface area contributed by atoms with Gasteiger partial charge in [-0.15, -0.1) is 11.8 Å². The average Bonchev–Trinajstić information content (AvgIpc) is 3.26. The lowest BCUT2D eigenvalue weighted by atomic mass is 10.1. The molecule has 5 nitrogen and oxygen atoms in total. The van der Waals surface area contributed by atoms with Crippen molar-refractivity contribution in [2.24, 2.45) is 0 Å². The Bertz CT molecular complexity index is 822. The van der Waals surface area contributed by atoms with Gasteiger partial charge in [-0.25, -0.2) is 4.79 Å². The third-order valence-electron chi connectivity index (χ3n) is 5.26. The fourth-order valence-electron chi connectivity index (χ4n) is 3.50. The number of ether oxygens (including phenoxy) is 2. The summed E-state index contributed by atoms with van der Waals surface area (Å²) in [4.78, 5) is 15.6. The Morgan fingerprint density at radius 1 is 1.10 bits per heavy atom. The molecule has 29 heavy (non-hydrogen) atoms. The number of nitrogens with zero attached hydrogens (tertiary/aromatic N) is 1. The second kappa shape index (κ2) is 10.4. The number of methoxy groups -OCH3 is 2. The summed E-state index contributed by atoms with van der Waals surface area (Å²) in [6.45, 7) is 0.610. The molecule has 1 saturated carbocycles. The van der Waals surface area contributed by atoms with Crippen LogP contribution in [0.3, 0.4) is 0 Å². The predicted molar refractivity (Wildman–Crippen MR) is 119 cm³/mol. The molecule has 0 spiro atoms. The SMILES string of the molecule is COc1ccc(CCN(C)C(=O)Nc2ccccc2SC2CCCC2)cc1OC. The van der Waals surface area contributed by atoms with Gasteiger partial charge in [-0.3, -0.25) is 0 Å². The largest absolute Gasteiger partial charge is 0.493 e. The molecule has 3 rings (SSSR count). The number of thioether (sulfide) groups is 1. The van der Waals surface area contributed by atoms with Gasteiger partial charge in [0.05, 0.1) is 19.9 Å². The third-order valence-corrected chi connectivity index (χ3v) is 6.67. The van der Waals surface area contributed by atoms with Crippen LogP contribution >= 0.6 is 11.8 Å². The number of anilines is 1. The maximum atomic E-state index is 12.7. The molecule has 0 atom stereocenters. The van der Waals surface area contributed by atoms with Crippen molar-refractivity contribution in [2.45, 2.75) is 42.2 Å². The summed E-state index contributed by atoms with van der Waals surface area (Å²) in [5.74, 6) is 1.41. The number of rotatable bonds is 8. The van der Waals surface area contributed by atoms with Crippen molar-refractivity contribution >= 4 is 23.5 Å². The third kappa shape index (κ3) is 5.82. The van der Waals surface area contributed by atoms with Gasteiger partial charge in [-0.1, -0.05) is 31.0 Å². The van der Waals surface area contributed by atoms with E-state index in [0.29, 0.717) is 23.3 Å². The van der Waals surface area contributed by atoms with Gasteiger partial charge in [-0.2, -0.15) is 0 Å². The molecule has 2 aromatic rings. The maximum Gasteiger partial charge on any atom is 0.321 e. The molecule has 0 heterocycles. The van der Waals surface area contributed by atoms with E-state index in [2.05, 4.69) is 11.4 Å². The zero-order valence-electron chi connectivity index (χ0n) is 17.4. The van der Waals surface area contributed by atoms with Crippen molar-refractivity contribution in [3.63, 3.8) is 0 Å². The Morgan fingerprint density at radius 2 is 1.83 bits per heavy atom. The van der Waals surface area contributed by atoms with Gasteiger partial charge in [0.2, 0.25) is 0 Å². The molecule has 1 aliphatic carbocycles. The summed E-state index contributed by atoms with van der Waals surface area (Å²) in [6.07, 6.45) is 5.88. The van der Waals surface area contributed by atoms with Crippen LogP contribution in [0.4, 0.5) is 10.5 Å². The van der Waals surface area contributed by atoms with Crippen LogP contribution in [-0.4, -0.2) is 44.0 Å². The van der Waals surface area contributed by atoms with Gasteiger partial charge in [-0.05, 0) is 49.1 Å². The van der Waals surface area contributed by atoms with Crippen LogP contribution < -0.4 is 14.8 Å². The lowest BCUT2D eigenvalue weighted by Crippen LogP contribution is -2.33. The van der Waals surface area contributed by atoms with E-state index < -0.39 is 0 Å². The van der Waals surface area contributed by atoms with E-state index >= 15 is 0 Å². The standard InChI is InChI=1S/C23H30N2O3S/c1-25(15-14-17-12-13-20(27-2)21(16-17)28-3)23(26)24-19-10-6-7-11-22(19)29-18-8-4-5-9-18/h6-7,10-13,16,18H,4-5,8-9,14-15H2,1-3H3,(H,24,26). The van der Waals surface area contributed by atoms with Gasteiger partial charge in [0.25, 0.3) is 0 Å². The smallest absolute Gasteiger partial charge is 0.321 e. The first-order valence-electron chi connectivity index (χ1n) is 10.1. The number of carbonyl (C=O) groups is 1. The summed E-state index contributed by atoms with van der Waals surface area (Å²) < 4.78 is 10.6. The number of benzene rings is 2. The normalized spacial score (nSPS) is 13.9. The second-order valence-corrected chi connectivity index (χ2v) is 8.65. The molecule has 2 aromatic carbocycles. The predicted octanol–water partition coefficient (Wildman–Crippen LogP) is 5.44. The number of hydrogen-bond acceptors (Lipinski definition) is 4. The number of carbonyl (C=O) groups excluding carboxylic acids is 1. The van der Waals surface area contributed by atoms with Crippen molar-refractivity contribution < 1.29 is 14.3 Å². The van der Waals surface area contributed by atoms with E-state index in [1.165, 1.54) is 25.7 Å². The van der Waals surface area contributed by atoms with Crippen LogP contribution in [0, 0.1) is 0 Å². The summed E-state index contributed by atoms with van der Waals surface area (Å²) in [5, 5.41) is 3.75. The molecule has 0 bridgehead atoms. The minimum atomic E-state index is -0.0926. The number of likely N-dealkylation sites (N-methyl/N-ethyl adjacent to an activating group) is 1. The Labute approximate surface area is 177 Å². The molecule has 1 aliphatic rings. The maximum absolute atomic E-state index is 12.7. The average molecular weight is 415 g/mol. The summed E-state index contributed by atoms with van der Waals surface area (Å²) in [6, 6.07) is 13.8. The number of urea groups is 1. The van der Waals surface area contributed by atoms with E-state index in [4.69, 9.17) is 9.47 Å². The van der Waals surface area contributed by atoms with Crippen molar-refractivity contribution in [1.82, 2.24) is 4.90 Å². The number of para-hydroxylation sites is 1. The van der Waals surface area contributed by atoms with Crippen LogP contribution in [0.2, 0.25) is 0 Å². The van der Waals surface area contributed by atoms with Crippen molar-refractivity contribution in [3.05, 3.63) is 48.0 Å². The van der Waals surface area contributed by atoms with E-state index in [1.54, 1.807) is 19.1 Å². The molecular weight excluding hydrogens is 384 g/mol. The molecule has 0 aliphatic heterocycles. The molecule has 0 aromatic heterocycles. The zero-order valence-corrected chi connectivity index (χ0v) is 18.3. The Balaban J connectivity index is 1.57. The minimum absolute atomic E-state index is 0.0926. The number of hydrogen-bond donors (Lipinski definition) is 1. The Kier molecular flexibility index (Phi) is 7.69. The van der Waals surface area contributed by atoms with Gasteiger partial charge >= 0.3 is 6.03 Å². The highest BCUT2D eigenvalue weighted by atomic mass is 32.2. The summed E-state index contributed by atoms with van der Waals surface area (Å²) in [7, 11) is 5.07. The monoisotopic (exact) mass is 414 g/mol. The van der Waals surface area contributed by atoms with Crippen LogP contribution in [0.25, 0.3) is 0 Å². The van der Waals surface area contributed by atoms with Crippen molar-refractivity contribution in [2.75, 3.05) is 33.1 Å². The molecule has 1 fully saturated rings. The van der Waals surface area contributed by atoms with Gasteiger partial charge in [0.15, 0.2) is 11.5 Å². The van der Waals surface area contributed by atoms with Crippen LogP contribution in [0.1, 0.15) is 31.2 Å². The quantitative estimate of drug-likeness (QED) is 0.624. The Hall–Kier alpha value is -2.34. The first kappa shape index (κ1) is 21.4. The number of amides is 2. The van der Waals surface area contributed by atoms with Crippen LogP contribution in [0.5, 0.6) is 11.5 Å². The van der Waals surface area contributed by atoms with Gasteiger partial charge < -0.3 is 19.7 Å². The molecule has 1 N–H and O–H groups in total. The van der Waals surface area contributed by atoms with Crippen LogP contribution in [0.15, 0.2) is 47.4 Å². The lowest BCUT2D eigenvalue weighted by Gasteiger charge is -2.20. The van der Waals surface area contributed by atoms with Crippen LogP contribution in [-0.2, 0) is 6.42 Å². The Morgan fingerprint density at radius 3 is 2.55 bits per heavy atom. The second-order valence-electron chi connectivity index (χ2n) is 7.31. The zero-order chi connectivity index (χ0) is 20.6. The van der Waals surface area contributed by atoms with E-state index in [1.807, 2.05) is 55.2 Å². The number of nitrogens with one attached hydrogen (secondary N) is 1. The van der Waals surface area contributed by atoms with Gasteiger partial charge in [0.1, 0.15) is 0 Å². The highest BCUT2D eigenvalue weighted by Crippen LogP contribution is 2.38. The molecular formula is C23H30N2O3S. The molecule has 0 saturated heterocycles. The first-order valence-corrected chi connectivity index (χ1v) is 11.0. The van der Waals surface area contributed by atoms with Crippen molar-refractivity contribution in [1.29, 1.82) is 0 Å².